The van der Waals surface area contributed by atoms with Crippen LogP contribution < -0.4 is 10.6 Å². The fraction of sp³-hybridized carbons (Fsp3) is 0.389. The largest absolute Gasteiger partial charge is 0.358 e. The average Bonchev–Trinajstić information content (AvgIpc) is 3.18. The molecule has 1 aliphatic heterocycles. The second-order valence-electron chi connectivity index (χ2n) is 6.16. The summed E-state index contributed by atoms with van der Waals surface area (Å²) in [4.78, 5) is 26.3. The highest BCUT2D eigenvalue weighted by Gasteiger charge is 2.23. The SMILES string of the molecule is CNC(=O)CN1CCC(NC(=O)c2ccccc2-n2cccn2)CC1. The first kappa shape index (κ1) is 17.2. The summed E-state index contributed by atoms with van der Waals surface area (Å²) in [5, 5.41) is 9.97. The normalized spacial score (nSPS) is 15.7. The summed E-state index contributed by atoms with van der Waals surface area (Å²) in [6, 6.07) is 9.40. The van der Waals surface area contributed by atoms with Crippen LogP contribution in [-0.4, -0.2) is 59.2 Å². The van der Waals surface area contributed by atoms with Gasteiger partial charge in [-0.3, -0.25) is 14.5 Å². The van der Waals surface area contributed by atoms with Gasteiger partial charge in [0, 0.05) is 38.6 Å². The van der Waals surface area contributed by atoms with E-state index in [-0.39, 0.29) is 17.9 Å². The first-order valence-electron chi connectivity index (χ1n) is 8.50. The van der Waals surface area contributed by atoms with Crippen molar-refractivity contribution >= 4 is 11.8 Å². The molecule has 0 radical (unpaired) electrons. The van der Waals surface area contributed by atoms with Gasteiger partial charge in [-0.2, -0.15) is 5.10 Å². The quantitative estimate of drug-likeness (QED) is 0.844. The number of nitrogens with one attached hydrogen (secondary N) is 2. The van der Waals surface area contributed by atoms with E-state index < -0.39 is 0 Å². The molecule has 3 rings (SSSR count). The molecule has 0 bridgehead atoms. The highest BCUT2D eigenvalue weighted by atomic mass is 16.2. The van der Waals surface area contributed by atoms with Gasteiger partial charge in [0.15, 0.2) is 0 Å². The summed E-state index contributed by atoms with van der Waals surface area (Å²) >= 11 is 0. The van der Waals surface area contributed by atoms with Gasteiger partial charge in [-0.25, -0.2) is 4.68 Å². The van der Waals surface area contributed by atoms with E-state index in [0.717, 1.165) is 31.6 Å². The van der Waals surface area contributed by atoms with Gasteiger partial charge in [-0.05, 0) is 31.0 Å². The Bertz CT molecular complexity index is 721. The van der Waals surface area contributed by atoms with Crippen LogP contribution in [-0.2, 0) is 4.79 Å². The maximum Gasteiger partial charge on any atom is 0.253 e. The molecule has 2 N–H and O–H groups in total. The van der Waals surface area contributed by atoms with Crippen LogP contribution in [0.15, 0.2) is 42.7 Å². The van der Waals surface area contributed by atoms with E-state index in [0.29, 0.717) is 12.1 Å². The van der Waals surface area contributed by atoms with Gasteiger partial charge in [-0.1, -0.05) is 12.1 Å². The molecule has 0 atom stereocenters. The summed E-state index contributed by atoms with van der Waals surface area (Å²) < 4.78 is 1.70. The Balaban J connectivity index is 1.60. The molecule has 0 unspecified atom stereocenters. The minimum atomic E-state index is -0.0872. The second kappa shape index (κ2) is 7.94. The van der Waals surface area contributed by atoms with Gasteiger partial charge >= 0.3 is 0 Å². The molecule has 1 saturated heterocycles. The maximum atomic E-state index is 12.7. The minimum absolute atomic E-state index is 0.0237. The van der Waals surface area contributed by atoms with Crippen LogP contribution in [0, 0.1) is 0 Å². The molecular weight excluding hydrogens is 318 g/mol. The molecule has 0 spiro atoms. The zero-order valence-corrected chi connectivity index (χ0v) is 14.3. The number of hydrogen-bond donors (Lipinski definition) is 2. The Kier molecular flexibility index (Phi) is 5.45. The molecular formula is C18H23N5O2. The molecule has 1 aromatic heterocycles. The average molecular weight is 341 g/mol. The van der Waals surface area contributed by atoms with Crippen LogP contribution in [0.4, 0.5) is 0 Å². The van der Waals surface area contributed by atoms with Crippen LogP contribution in [0.3, 0.4) is 0 Å². The van der Waals surface area contributed by atoms with Crippen molar-refractivity contribution in [2.24, 2.45) is 0 Å². The van der Waals surface area contributed by atoms with Crippen molar-refractivity contribution in [3.8, 4) is 5.69 Å². The Morgan fingerprint density at radius 3 is 2.64 bits per heavy atom. The Hall–Kier alpha value is -2.67. The van der Waals surface area contributed by atoms with Gasteiger partial charge < -0.3 is 10.6 Å². The van der Waals surface area contributed by atoms with Crippen molar-refractivity contribution < 1.29 is 9.59 Å². The predicted octanol–water partition coefficient (Wildman–Crippen LogP) is 0.812. The summed E-state index contributed by atoms with van der Waals surface area (Å²) in [6.45, 7) is 2.03. The summed E-state index contributed by atoms with van der Waals surface area (Å²) in [7, 11) is 1.65. The lowest BCUT2D eigenvalue weighted by Gasteiger charge is -2.31. The van der Waals surface area contributed by atoms with E-state index in [4.69, 9.17) is 0 Å². The number of amides is 2. The lowest BCUT2D eigenvalue weighted by molar-refractivity contribution is -0.122. The summed E-state index contributed by atoms with van der Waals surface area (Å²) in [6.07, 6.45) is 5.19. The molecule has 0 saturated carbocycles. The third kappa shape index (κ3) is 4.24. The lowest BCUT2D eigenvalue weighted by Crippen LogP contribution is -2.47. The van der Waals surface area contributed by atoms with Gasteiger partial charge in [-0.15, -0.1) is 0 Å². The number of rotatable bonds is 5. The van der Waals surface area contributed by atoms with Gasteiger partial charge in [0.25, 0.3) is 5.91 Å². The molecule has 2 aromatic rings. The zero-order chi connectivity index (χ0) is 17.6. The molecule has 2 amide bonds. The van der Waals surface area contributed by atoms with E-state index in [1.54, 1.807) is 17.9 Å². The standard InChI is InChI=1S/C18H23N5O2/c1-19-17(24)13-22-11-7-14(8-12-22)21-18(25)15-5-2-3-6-16(15)23-10-4-9-20-23/h2-6,9-10,14H,7-8,11-13H2,1H3,(H,19,24)(H,21,25). The molecule has 132 valence electrons. The van der Waals surface area contributed by atoms with Crippen molar-refractivity contribution in [1.29, 1.82) is 0 Å². The van der Waals surface area contributed by atoms with Crippen LogP contribution in [0.5, 0.6) is 0 Å². The Morgan fingerprint density at radius 2 is 1.96 bits per heavy atom. The number of likely N-dealkylation sites (N-methyl/N-ethyl adjacent to an activating group) is 1. The van der Waals surface area contributed by atoms with E-state index in [1.807, 2.05) is 36.5 Å². The molecule has 2 heterocycles. The topological polar surface area (TPSA) is 79.3 Å². The van der Waals surface area contributed by atoms with Crippen LogP contribution in [0.2, 0.25) is 0 Å². The van der Waals surface area contributed by atoms with Gasteiger partial charge in [0.1, 0.15) is 0 Å². The van der Waals surface area contributed by atoms with Crippen molar-refractivity contribution in [3.63, 3.8) is 0 Å². The van der Waals surface area contributed by atoms with Crippen molar-refractivity contribution in [1.82, 2.24) is 25.3 Å². The minimum Gasteiger partial charge on any atom is -0.358 e. The molecule has 7 heteroatoms. The summed E-state index contributed by atoms with van der Waals surface area (Å²) in [5.41, 5.74) is 1.38. The highest BCUT2D eigenvalue weighted by Crippen LogP contribution is 2.15. The van der Waals surface area contributed by atoms with Crippen LogP contribution in [0.25, 0.3) is 5.69 Å². The molecule has 0 aliphatic carbocycles. The summed E-state index contributed by atoms with van der Waals surface area (Å²) in [5.74, 6) is -0.0634. The monoisotopic (exact) mass is 341 g/mol. The number of carbonyl (C=O) groups is 2. The van der Waals surface area contributed by atoms with Crippen LogP contribution >= 0.6 is 0 Å². The fourth-order valence-corrected chi connectivity index (χ4v) is 3.06. The fourth-order valence-electron chi connectivity index (χ4n) is 3.06. The smallest absolute Gasteiger partial charge is 0.253 e. The number of benzene rings is 1. The first-order valence-corrected chi connectivity index (χ1v) is 8.50. The maximum absolute atomic E-state index is 12.7. The number of carbonyl (C=O) groups excluding carboxylic acids is 2. The lowest BCUT2D eigenvalue weighted by atomic mass is 10.0. The Morgan fingerprint density at radius 1 is 1.20 bits per heavy atom. The molecule has 7 nitrogen and oxygen atoms in total. The van der Waals surface area contributed by atoms with Crippen LogP contribution in [0.1, 0.15) is 23.2 Å². The van der Waals surface area contributed by atoms with E-state index in [9.17, 15) is 9.59 Å². The third-order valence-corrected chi connectivity index (χ3v) is 4.47. The molecule has 1 aliphatic rings. The van der Waals surface area contributed by atoms with E-state index in [2.05, 4.69) is 20.6 Å². The first-order chi connectivity index (χ1) is 12.2. The van der Waals surface area contributed by atoms with Crippen molar-refractivity contribution in [2.45, 2.75) is 18.9 Å². The zero-order valence-electron chi connectivity index (χ0n) is 14.3. The third-order valence-electron chi connectivity index (χ3n) is 4.47. The second-order valence-corrected chi connectivity index (χ2v) is 6.16. The molecule has 1 aromatic carbocycles. The molecule has 1 fully saturated rings. The van der Waals surface area contributed by atoms with Gasteiger partial charge in [0.2, 0.25) is 5.91 Å². The van der Waals surface area contributed by atoms with Crippen molar-refractivity contribution in [3.05, 3.63) is 48.3 Å². The number of piperidine rings is 1. The molecule has 25 heavy (non-hydrogen) atoms. The van der Waals surface area contributed by atoms with E-state index >= 15 is 0 Å². The highest BCUT2D eigenvalue weighted by molar-refractivity contribution is 5.97. The number of aromatic nitrogens is 2. The van der Waals surface area contributed by atoms with Gasteiger partial charge in [0.05, 0.1) is 17.8 Å². The predicted molar refractivity (Wildman–Crippen MR) is 94.6 cm³/mol. The van der Waals surface area contributed by atoms with Crippen molar-refractivity contribution in [2.75, 3.05) is 26.7 Å². The number of para-hydroxylation sites is 1. The number of nitrogens with zero attached hydrogens (tertiary/aromatic N) is 3. The number of hydrogen-bond acceptors (Lipinski definition) is 4. The number of likely N-dealkylation sites (tertiary alicyclic amines) is 1. The Labute approximate surface area is 147 Å². The van der Waals surface area contributed by atoms with E-state index in [1.165, 1.54) is 0 Å².